The number of aromatic nitrogens is 1. The highest BCUT2D eigenvalue weighted by molar-refractivity contribution is 9.10. The molecule has 0 saturated heterocycles. The van der Waals surface area contributed by atoms with Gasteiger partial charge in [-0.1, -0.05) is 28.1 Å². The van der Waals surface area contributed by atoms with Gasteiger partial charge in [-0.2, -0.15) is 0 Å². The number of pyridine rings is 1. The molecule has 3 nitrogen and oxygen atoms in total. The molecule has 0 bridgehead atoms. The normalized spacial score (nSPS) is 10.3. The second kappa shape index (κ2) is 6.02. The van der Waals surface area contributed by atoms with Crippen LogP contribution >= 0.6 is 27.7 Å². The number of halogens is 1. The molecule has 0 radical (unpaired) electrons. The molecule has 1 aromatic heterocycles. The van der Waals surface area contributed by atoms with Crippen LogP contribution in [0.15, 0.2) is 52.1 Å². The Morgan fingerprint density at radius 3 is 2.67 bits per heavy atom. The molecule has 2 rings (SSSR count). The van der Waals surface area contributed by atoms with Gasteiger partial charge in [0.05, 0.1) is 10.6 Å². The van der Waals surface area contributed by atoms with E-state index in [-0.39, 0.29) is 5.56 Å². The summed E-state index contributed by atoms with van der Waals surface area (Å²) in [5.41, 5.74) is 1.44. The Bertz CT molecular complexity index is 557. The number of carboxylic acid groups (broad SMARTS) is 1. The van der Waals surface area contributed by atoms with Crippen molar-refractivity contribution in [2.75, 3.05) is 0 Å². The largest absolute Gasteiger partial charge is 0.478 e. The van der Waals surface area contributed by atoms with Crippen LogP contribution in [0.4, 0.5) is 0 Å². The average molecular weight is 324 g/mol. The third-order valence-electron chi connectivity index (χ3n) is 2.28. The van der Waals surface area contributed by atoms with E-state index >= 15 is 0 Å². The van der Waals surface area contributed by atoms with Crippen LogP contribution in [0, 0.1) is 0 Å². The predicted molar refractivity (Wildman–Crippen MR) is 74.9 cm³/mol. The molecule has 92 valence electrons. The first-order valence-corrected chi connectivity index (χ1v) is 6.99. The first-order valence-electron chi connectivity index (χ1n) is 5.22. The molecule has 0 aliphatic heterocycles. The van der Waals surface area contributed by atoms with E-state index in [2.05, 4.69) is 20.9 Å². The van der Waals surface area contributed by atoms with Crippen LogP contribution in [0.25, 0.3) is 0 Å². The second-order valence-electron chi connectivity index (χ2n) is 3.60. The van der Waals surface area contributed by atoms with Crippen molar-refractivity contribution in [3.8, 4) is 0 Å². The summed E-state index contributed by atoms with van der Waals surface area (Å²) in [6, 6.07) is 11.1. The standard InChI is InChI=1S/C13H10BrNO2S/c14-11-3-1-9(2-4-11)8-18-12-7-10(13(16)17)5-6-15-12/h1-7H,8H2,(H,16,17). The Kier molecular flexibility index (Phi) is 4.38. The van der Waals surface area contributed by atoms with E-state index in [1.807, 2.05) is 24.3 Å². The monoisotopic (exact) mass is 323 g/mol. The molecule has 1 heterocycles. The van der Waals surface area contributed by atoms with E-state index in [1.165, 1.54) is 29.6 Å². The lowest BCUT2D eigenvalue weighted by Gasteiger charge is -2.02. The summed E-state index contributed by atoms with van der Waals surface area (Å²) in [7, 11) is 0. The molecule has 0 fully saturated rings. The van der Waals surface area contributed by atoms with Gasteiger partial charge < -0.3 is 5.11 Å². The summed E-state index contributed by atoms with van der Waals surface area (Å²) in [6.07, 6.45) is 1.52. The van der Waals surface area contributed by atoms with Gasteiger partial charge in [0, 0.05) is 16.4 Å². The molecular formula is C13H10BrNO2S. The number of hydrogen-bond acceptors (Lipinski definition) is 3. The first kappa shape index (κ1) is 13.1. The van der Waals surface area contributed by atoms with Crippen molar-refractivity contribution in [3.63, 3.8) is 0 Å². The van der Waals surface area contributed by atoms with Crippen LogP contribution in [0.3, 0.4) is 0 Å². The molecule has 0 atom stereocenters. The molecule has 0 aliphatic rings. The number of thioether (sulfide) groups is 1. The molecule has 1 aromatic carbocycles. The molecule has 5 heteroatoms. The van der Waals surface area contributed by atoms with Gasteiger partial charge in [0.25, 0.3) is 0 Å². The maximum absolute atomic E-state index is 10.8. The lowest BCUT2D eigenvalue weighted by atomic mass is 10.2. The molecule has 0 unspecified atom stereocenters. The Hall–Kier alpha value is -1.33. The van der Waals surface area contributed by atoms with Gasteiger partial charge in [-0.3, -0.25) is 0 Å². The minimum absolute atomic E-state index is 0.267. The average Bonchev–Trinajstić information content (AvgIpc) is 2.38. The van der Waals surface area contributed by atoms with Crippen LogP contribution < -0.4 is 0 Å². The zero-order valence-corrected chi connectivity index (χ0v) is 11.7. The van der Waals surface area contributed by atoms with Gasteiger partial charge in [-0.25, -0.2) is 9.78 Å². The number of rotatable bonds is 4. The summed E-state index contributed by atoms with van der Waals surface area (Å²) < 4.78 is 1.04. The van der Waals surface area contributed by atoms with Crippen LogP contribution in [0.2, 0.25) is 0 Å². The van der Waals surface area contributed by atoms with Crippen LogP contribution in [-0.4, -0.2) is 16.1 Å². The van der Waals surface area contributed by atoms with Crippen molar-refractivity contribution in [3.05, 3.63) is 58.2 Å². The Morgan fingerprint density at radius 1 is 1.28 bits per heavy atom. The van der Waals surface area contributed by atoms with Crippen molar-refractivity contribution in [2.45, 2.75) is 10.8 Å². The van der Waals surface area contributed by atoms with Crippen LogP contribution in [0.1, 0.15) is 15.9 Å². The summed E-state index contributed by atoms with van der Waals surface area (Å²) in [6.45, 7) is 0. The Morgan fingerprint density at radius 2 is 2.00 bits per heavy atom. The molecule has 2 aromatic rings. The number of aromatic carboxylic acids is 1. The smallest absolute Gasteiger partial charge is 0.335 e. The van der Waals surface area contributed by atoms with E-state index < -0.39 is 5.97 Å². The lowest BCUT2D eigenvalue weighted by Crippen LogP contribution is -1.96. The molecule has 18 heavy (non-hydrogen) atoms. The van der Waals surface area contributed by atoms with Crippen molar-refractivity contribution >= 4 is 33.7 Å². The Labute approximate surface area is 117 Å². The molecule has 0 amide bonds. The van der Waals surface area contributed by atoms with Crippen molar-refractivity contribution in [2.24, 2.45) is 0 Å². The zero-order valence-electron chi connectivity index (χ0n) is 9.34. The summed E-state index contributed by atoms with van der Waals surface area (Å²) >= 11 is 4.90. The molecule has 1 N–H and O–H groups in total. The highest BCUT2D eigenvalue weighted by Gasteiger charge is 2.04. The van der Waals surface area contributed by atoms with Gasteiger partial charge in [0.2, 0.25) is 0 Å². The van der Waals surface area contributed by atoms with Gasteiger partial charge in [0.1, 0.15) is 0 Å². The number of hydrogen-bond donors (Lipinski definition) is 1. The van der Waals surface area contributed by atoms with Gasteiger partial charge in [-0.15, -0.1) is 11.8 Å². The van der Waals surface area contributed by atoms with E-state index in [0.717, 1.165) is 15.3 Å². The predicted octanol–water partition coefficient (Wildman–Crippen LogP) is 3.83. The molecule has 0 aliphatic carbocycles. The lowest BCUT2D eigenvalue weighted by molar-refractivity contribution is 0.0696. The summed E-state index contributed by atoms with van der Waals surface area (Å²) in [4.78, 5) is 15.0. The van der Waals surface area contributed by atoms with Gasteiger partial charge in [0.15, 0.2) is 0 Å². The number of carboxylic acids is 1. The fourth-order valence-electron chi connectivity index (χ4n) is 1.36. The minimum atomic E-state index is -0.928. The highest BCUT2D eigenvalue weighted by Crippen LogP contribution is 2.22. The first-order chi connectivity index (χ1) is 8.65. The minimum Gasteiger partial charge on any atom is -0.478 e. The van der Waals surface area contributed by atoms with Crippen molar-refractivity contribution in [1.29, 1.82) is 0 Å². The second-order valence-corrected chi connectivity index (χ2v) is 5.51. The van der Waals surface area contributed by atoms with Crippen LogP contribution in [-0.2, 0) is 5.75 Å². The SMILES string of the molecule is O=C(O)c1ccnc(SCc2ccc(Br)cc2)c1. The zero-order chi connectivity index (χ0) is 13.0. The van der Waals surface area contributed by atoms with E-state index in [9.17, 15) is 4.79 Å². The topological polar surface area (TPSA) is 50.2 Å². The van der Waals surface area contributed by atoms with E-state index in [4.69, 9.17) is 5.11 Å². The number of benzene rings is 1. The van der Waals surface area contributed by atoms with Gasteiger partial charge >= 0.3 is 5.97 Å². The highest BCUT2D eigenvalue weighted by atomic mass is 79.9. The van der Waals surface area contributed by atoms with Crippen molar-refractivity contribution < 1.29 is 9.90 Å². The summed E-state index contributed by atoms with van der Waals surface area (Å²) in [5, 5.41) is 9.60. The fraction of sp³-hybridized carbons (Fsp3) is 0.0769. The third kappa shape index (κ3) is 3.58. The maximum Gasteiger partial charge on any atom is 0.335 e. The van der Waals surface area contributed by atoms with Crippen molar-refractivity contribution in [1.82, 2.24) is 4.98 Å². The quantitative estimate of drug-likeness (QED) is 0.868. The molecular weight excluding hydrogens is 314 g/mol. The van der Waals surface area contributed by atoms with Crippen LogP contribution in [0.5, 0.6) is 0 Å². The third-order valence-corrected chi connectivity index (χ3v) is 3.81. The van der Waals surface area contributed by atoms with Gasteiger partial charge in [-0.05, 0) is 29.8 Å². The number of nitrogens with zero attached hydrogens (tertiary/aromatic N) is 1. The van der Waals surface area contributed by atoms with E-state index in [0.29, 0.717) is 0 Å². The fourth-order valence-corrected chi connectivity index (χ4v) is 2.48. The molecule has 0 spiro atoms. The summed E-state index contributed by atoms with van der Waals surface area (Å²) in [5.74, 6) is -0.161. The maximum atomic E-state index is 10.8. The number of carbonyl (C=O) groups is 1. The molecule has 0 saturated carbocycles. The van der Waals surface area contributed by atoms with E-state index in [1.54, 1.807) is 6.07 Å². The Balaban J connectivity index is 2.04.